The fourth-order valence-corrected chi connectivity index (χ4v) is 2.85. The average Bonchev–Trinajstić information content (AvgIpc) is 2.62. The Hall–Kier alpha value is -2.63. The summed E-state index contributed by atoms with van der Waals surface area (Å²) in [7, 11) is 0. The number of hydrogen-bond donors (Lipinski definition) is 1. The Morgan fingerprint density at radius 1 is 1.12 bits per heavy atom. The van der Waals surface area contributed by atoms with Gasteiger partial charge in [-0.25, -0.2) is 4.98 Å². The van der Waals surface area contributed by atoms with Crippen molar-refractivity contribution < 1.29 is 4.79 Å². The third-order valence-corrected chi connectivity index (χ3v) is 4.27. The van der Waals surface area contributed by atoms with Gasteiger partial charge in [0.15, 0.2) is 0 Å². The van der Waals surface area contributed by atoms with Crippen LogP contribution in [-0.4, -0.2) is 47.5 Å². The van der Waals surface area contributed by atoms with E-state index < -0.39 is 0 Å². The molecule has 1 saturated heterocycles. The van der Waals surface area contributed by atoms with Gasteiger partial charge in [-0.3, -0.25) is 4.79 Å². The van der Waals surface area contributed by atoms with Gasteiger partial charge < -0.3 is 15.1 Å². The summed E-state index contributed by atoms with van der Waals surface area (Å²) in [4.78, 5) is 24.0. The van der Waals surface area contributed by atoms with E-state index in [0.29, 0.717) is 5.95 Å². The van der Waals surface area contributed by atoms with Crippen molar-refractivity contribution in [1.29, 1.82) is 0 Å². The molecule has 1 unspecified atom stereocenters. The van der Waals surface area contributed by atoms with Crippen LogP contribution in [0.4, 0.5) is 11.8 Å². The van der Waals surface area contributed by atoms with Gasteiger partial charge in [-0.05, 0) is 19.4 Å². The van der Waals surface area contributed by atoms with Crippen LogP contribution in [-0.2, 0) is 4.79 Å². The molecule has 2 aromatic rings. The number of benzene rings is 1. The Bertz CT molecular complexity index is 683. The van der Waals surface area contributed by atoms with Gasteiger partial charge in [-0.15, -0.1) is 0 Å². The maximum absolute atomic E-state index is 10.8. The standard InChI is InChI=1S/C18H23N5O/c1-14-12-17(23-10-8-22(13-24)9-11-23)21-18(19-14)20-15(2)16-6-4-3-5-7-16/h3-7,12-13,15H,8-11H2,1-2H3,(H,19,20,21). The first kappa shape index (κ1) is 16.2. The molecule has 6 nitrogen and oxygen atoms in total. The normalized spacial score (nSPS) is 15.9. The van der Waals surface area contributed by atoms with Crippen molar-refractivity contribution in [3.05, 3.63) is 47.7 Å². The zero-order valence-electron chi connectivity index (χ0n) is 14.1. The first-order valence-electron chi connectivity index (χ1n) is 8.27. The van der Waals surface area contributed by atoms with E-state index in [0.717, 1.165) is 44.1 Å². The van der Waals surface area contributed by atoms with Gasteiger partial charge in [0, 0.05) is 37.9 Å². The lowest BCUT2D eigenvalue weighted by molar-refractivity contribution is -0.118. The minimum atomic E-state index is 0.132. The molecule has 1 aliphatic heterocycles. The molecule has 6 heteroatoms. The predicted octanol–water partition coefficient (Wildman–Crippen LogP) is 2.24. The molecule has 1 N–H and O–H groups in total. The van der Waals surface area contributed by atoms with Crippen molar-refractivity contribution in [2.45, 2.75) is 19.9 Å². The van der Waals surface area contributed by atoms with E-state index in [1.54, 1.807) is 4.90 Å². The van der Waals surface area contributed by atoms with Crippen molar-refractivity contribution in [3.63, 3.8) is 0 Å². The zero-order chi connectivity index (χ0) is 16.9. The van der Waals surface area contributed by atoms with Crippen molar-refractivity contribution in [2.75, 3.05) is 36.4 Å². The van der Waals surface area contributed by atoms with E-state index in [2.05, 4.69) is 39.2 Å². The highest BCUT2D eigenvalue weighted by Gasteiger charge is 2.18. The molecule has 1 amide bonds. The Balaban J connectivity index is 1.73. The third-order valence-electron chi connectivity index (χ3n) is 4.27. The number of aromatic nitrogens is 2. The quantitative estimate of drug-likeness (QED) is 0.854. The molecule has 1 fully saturated rings. The fraction of sp³-hybridized carbons (Fsp3) is 0.389. The van der Waals surface area contributed by atoms with Gasteiger partial charge in [0.1, 0.15) is 5.82 Å². The van der Waals surface area contributed by atoms with Crippen LogP contribution in [0.25, 0.3) is 0 Å². The largest absolute Gasteiger partial charge is 0.353 e. The van der Waals surface area contributed by atoms with Gasteiger partial charge in [0.05, 0.1) is 6.04 Å². The molecule has 24 heavy (non-hydrogen) atoms. The maximum Gasteiger partial charge on any atom is 0.225 e. The number of carbonyl (C=O) groups excluding carboxylic acids is 1. The van der Waals surface area contributed by atoms with Gasteiger partial charge in [-0.2, -0.15) is 4.98 Å². The summed E-state index contributed by atoms with van der Waals surface area (Å²) in [6.45, 7) is 7.13. The number of aryl methyl sites for hydroxylation is 1. The van der Waals surface area contributed by atoms with Crippen LogP contribution in [0.1, 0.15) is 24.2 Å². The van der Waals surface area contributed by atoms with E-state index in [9.17, 15) is 4.79 Å². The highest BCUT2D eigenvalue weighted by molar-refractivity contribution is 5.50. The molecule has 0 radical (unpaired) electrons. The predicted molar refractivity (Wildman–Crippen MR) is 95.1 cm³/mol. The van der Waals surface area contributed by atoms with Gasteiger partial charge in [-0.1, -0.05) is 30.3 Å². The minimum Gasteiger partial charge on any atom is -0.353 e. The summed E-state index contributed by atoms with van der Waals surface area (Å²) in [6, 6.07) is 12.4. The van der Waals surface area contributed by atoms with Gasteiger partial charge in [0.2, 0.25) is 12.4 Å². The number of rotatable bonds is 5. The van der Waals surface area contributed by atoms with Crippen molar-refractivity contribution >= 4 is 18.2 Å². The molecule has 1 aliphatic rings. The summed E-state index contributed by atoms with van der Waals surface area (Å²) < 4.78 is 0. The van der Waals surface area contributed by atoms with Crippen LogP contribution in [0.3, 0.4) is 0 Å². The number of carbonyl (C=O) groups is 1. The van der Waals surface area contributed by atoms with E-state index in [4.69, 9.17) is 0 Å². The van der Waals surface area contributed by atoms with E-state index in [1.807, 2.05) is 31.2 Å². The average molecular weight is 325 g/mol. The Morgan fingerprint density at radius 3 is 2.50 bits per heavy atom. The molecule has 1 atom stereocenters. The van der Waals surface area contributed by atoms with Crippen LogP contribution >= 0.6 is 0 Å². The second kappa shape index (κ2) is 7.29. The van der Waals surface area contributed by atoms with Crippen molar-refractivity contribution in [3.8, 4) is 0 Å². The van der Waals surface area contributed by atoms with Crippen LogP contribution in [0, 0.1) is 6.92 Å². The summed E-state index contributed by atoms with van der Waals surface area (Å²) in [5.74, 6) is 1.55. The van der Waals surface area contributed by atoms with E-state index >= 15 is 0 Å². The molecule has 1 aromatic carbocycles. The SMILES string of the molecule is Cc1cc(N2CCN(C=O)CC2)nc(NC(C)c2ccccc2)n1. The fourth-order valence-electron chi connectivity index (χ4n) is 2.85. The van der Waals surface area contributed by atoms with Gasteiger partial charge >= 0.3 is 0 Å². The molecule has 0 bridgehead atoms. The number of amides is 1. The minimum absolute atomic E-state index is 0.132. The topological polar surface area (TPSA) is 61.4 Å². The molecule has 126 valence electrons. The Kier molecular flexibility index (Phi) is 4.93. The molecule has 0 spiro atoms. The molecule has 3 rings (SSSR count). The lowest BCUT2D eigenvalue weighted by atomic mass is 10.1. The highest BCUT2D eigenvalue weighted by atomic mass is 16.1. The summed E-state index contributed by atoms with van der Waals surface area (Å²) >= 11 is 0. The molecule has 2 heterocycles. The molecular weight excluding hydrogens is 302 g/mol. The molecule has 0 saturated carbocycles. The number of anilines is 2. The number of nitrogens with zero attached hydrogens (tertiary/aromatic N) is 4. The summed E-state index contributed by atoms with van der Waals surface area (Å²) in [5, 5.41) is 3.38. The number of nitrogens with one attached hydrogen (secondary N) is 1. The van der Waals surface area contributed by atoms with Crippen LogP contribution in [0.2, 0.25) is 0 Å². The first-order valence-corrected chi connectivity index (χ1v) is 8.27. The Morgan fingerprint density at radius 2 is 1.83 bits per heavy atom. The third kappa shape index (κ3) is 3.82. The smallest absolute Gasteiger partial charge is 0.225 e. The summed E-state index contributed by atoms with van der Waals surface area (Å²) in [6.07, 6.45) is 0.914. The van der Waals surface area contributed by atoms with Crippen LogP contribution in [0.15, 0.2) is 36.4 Å². The summed E-state index contributed by atoms with van der Waals surface area (Å²) in [5.41, 5.74) is 2.13. The maximum atomic E-state index is 10.8. The monoisotopic (exact) mass is 325 g/mol. The van der Waals surface area contributed by atoms with Gasteiger partial charge in [0.25, 0.3) is 0 Å². The number of hydrogen-bond acceptors (Lipinski definition) is 5. The molecular formula is C18H23N5O. The Labute approximate surface area is 142 Å². The van der Waals surface area contributed by atoms with Crippen molar-refractivity contribution in [1.82, 2.24) is 14.9 Å². The van der Waals surface area contributed by atoms with Crippen LogP contribution in [0.5, 0.6) is 0 Å². The molecule has 0 aliphatic carbocycles. The second-order valence-electron chi connectivity index (χ2n) is 6.10. The van der Waals surface area contributed by atoms with Crippen molar-refractivity contribution in [2.24, 2.45) is 0 Å². The number of piperazine rings is 1. The first-order chi connectivity index (χ1) is 11.7. The van der Waals surface area contributed by atoms with E-state index in [1.165, 1.54) is 5.56 Å². The van der Waals surface area contributed by atoms with E-state index in [-0.39, 0.29) is 6.04 Å². The highest BCUT2D eigenvalue weighted by Crippen LogP contribution is 2.20. The second-order valence-corrected chi connectivity index (χ2v) is 6.10. The van der Waals surface area contributed by atoms with Crippen LogP contribution < -0.4 is 10.2 Å². The molecule has 1 aromatic heterocycles. The zero-order valence-corrected chi connectivity index (χ0v) is 14.1. The lowest BCUT2D eigenvalue weighted by Gasteiger charge is -2.33. The lowest BCUT2D eigenvalue weighted by Crippen LogP contribution is -2.46.